The van der Waals surface area contributed by atoms with E-state index in [1.54, 1.807) is 18.2 Å². The van der Waals surface area contributed by atoms with Crippen molar-refractivity contribution in [2.45, 2.75) is 6.92 Å². The van der Waals surface area contributed by atoms with Crippen LogP contribution in [-0.2, 0) is 0 Å². The first-order valence-electron chi connectivity index (χ1n) is 5.35. The fourth-order valence-corrected chi connectivity index (χ4v) is 2.20. The fraction of sp³-hybridized carbons (Fsp3) is 0.0714. The van der Waals surface area contributed by atoms with Crippen molar-refractivity contribution < 1.29 is 13.6 Å². The molecule has 0 saturated heterocycles. The number of hydrogen-bond acceptors (Lipinski definition) is 1. The second-order valence-electron chi connectivity index (χ2n) is 4.04. The zero-order valence-electron chi connectivity index (χ0n) is 9.81. The van der Waals surface area contributed by atoms with E-state index in [9.17, 15) is 13.6 Å². The van der Waals surface area contributed by atoms with E-state index in [0.29, 0.717) is 5.56 Å². The maximum Gasteiger partial charge on any atom is 0.194 e. The summed E-state index contributed by atoms with van der Waals surface area (Å²) in [6.45, 7) is 1.88. The molecule has 0 bridgehead atoms. The van der Waals surface area contributed by atoms with Gasteiger partial charge in [-0.2, -0.15) is 0 Å². The van der Waals surface area contributed by atoms with E-state index >= 15 is 0 Å². The van der Waals surface area contributed by atoms with Crippen LogP contribution in [0.1, 0.15) is 21.5 Å². The summed E-state index contributed by atoms with van der Waals surface area (Å²) in [5, 5.41) is -0.111. The third-order valence-electron chi connectivity index (χ3n) is 2.69. The zero-order chi connectivity index (χ0) is 14.2. The molecule has 2 rings (SSSR count). The molecular weight excluding hydrogens is 338 g/mol. The van der Waals surface area contributed by atoms with Gasteiger partial charge in [0.15, 0.2) is 17.4 Å². The molecule has 19 heavy (non-hydrogen) atoms. The van der Waals surface area contributed by atoms with Crippen molar-refractivity contribution in [3.8, 4) is 0 Å². The van der Waals surface area contributed by atoms with Crippen LogP contribution in [0.3, 0.4) is 0 Å². The first kappa shape index (κ1) is 14.2. The third-order valence-corrected chi connectivity index (χ3v) is 3.86. The number of carbonyl (C=O) groups excluding carboxylic acids is 1. The maximum atomic E-state index is 13.2. The lowest BCUT2D eigenvalue weighted by atomic mass is 10.0. The highest BCUT2D eigenvalue weighted by atomic mass is 79.9. The van der Waals surface area contributed by atoms with Crippen molar-refractivity contribution in [3.05, 3.63) is 68.2 Å². The average molecular weight is 346 g/mol. The van der Waals surface area contributed by atoms with Crippen molar-refractivity contribution in [1.29, 1.82) is 0 Å². The highest BCUT2D eigenvalue weighted by Gasteiger charge is 2.17. The van der Waals surface area contributed by atoms with Gasteiger partial charge in [-0.25, -0.2) is 8.78 Å². The van der Waals surface area contributed by atoms with Crippen molar-refractivity contribution in [2.75, 3.05) is 0 Å². The summed E-state index contributed by atoms with van der Waals surface area (Å²) in [7, 11) is 0. The van der Waals surface area contributed by atoms with E-state index in [-0.39, 0.29) is 10.6 Å². The summed E-state index contributed by atoms with van der Waals surface area (Å²) in [5.74, 6) is -2.63. The molecule has 0 fully saturated rings. The quantitative estimate of drug-likeness (QED) is 0.558. The molecule has 2 aromatic carbocycles. The standard InChI is InChI=1S/C14H8BrClF2O/c1-7-2-3-8(4-10(7)15)14(19)9-5-12(17)13(18)6-11(9)16/h2-6H,1H3. The Morgan fingerprint density at radius 3 is 2.42 bits per heavy atom. The molecule has 1 nitrogen and oxygen atoms in total. The van der Waals surface area contributed by atoms with Crippen LogP contribution >= 0.6 is 27.5 Å². The molecule has 0 aliphatic rings. The first-order valence-corrected chi connectivity index (χ1v) is 6.52. The second kappa shape index (κ2) is 5.39. The van der Waals surface area contributed by atoms with E-state index < -0.39 is 17.4 Å². The lowest BCUT2D eigenvalue weighted by Crippen LogP contribution is -2.04. The molecule has 0 amide bonds. The van der Waals surface area contributed by atoms with Gasteiger partial charge in [0.1, 0.15) is 0 Å². The molecule has 0 saturated carbocycles. The first-order chi connectivity index (χ1) is 8.90. The summed E-state index contributed by atoms with van der Waals surface area (Å²) >= 11 is 9.09. The lowest BCUT2D eigenvalue weighted by molar-refractivity contribution is 0.103. The molecule has 0 radical (unpaired) electrons. The Morgan fingerprint density at radius 1 is 1.16 bits per heavy atom. The Bertz CT molecular complexity index is 671. The van der Waals surface area contributed by atoms with E-state index in [1.807, 2.05) is 6.92 Å². The Kier molecular flexibility index (Phi) is 4.02. The number of rotatable bonds is 2. The van der Waals surface area contributed by atoms with Crippen LogP contribution < -0.4 is 0 Å². The van der Waals surface area contributed by atoms with E-state index in [4.69, 9.17) is 11.6 Å². The molecule has 0 N–H and O–H groups in total. The predicted molar refractivity (Wildman–Crippen MR) is 73.7 cm³/mol. The molecule has 0 heterocycles. The number of halogens is 4. The zero-order valence-corrected chi connectivity index (χ0v) is 12.1. The van der Waals surface area contributed by atoms with Gasteiger partial charge in [0.2, 0.25) is 0 Å². The largest absolute Gasteiger partial charge is 0.289 e. The molecule has 0 atom stereocenters. The normalized spacial score (nSPS) is 10.6. The number of aryl methyl sites for hydroxylation is 1. The number of ketones is 1. The van der Waals surface area contributed by atoms with E-state index in [2.05, 4.69) is 15.9 Å². The van der Waals surface area contributed by atoms with Gasteiger partial charge in [-0.1, -0.05) is 39.7 Å². The average Bonchev–Trinajstić information content (AvgIpc) is 2.36. The number of benzene rings is 2. The molecule has 98 valence electrons. The van der Waals surface area contributed by atoms with Crippen LogP contribution in [0.5, 0.6) is 0 Å². The summed E-state index contributed by atoms with van der Waals surface area (Å²) in [4.78, 5) is 12.2. The van der Waals surface area contributed by atoms with Gasteiger partial charge < -0.3 is 0 Å². The van der Waals surface area contributed by atoms with Gasteiger partial charge >= 0.3 is 0 Å². The minimum absolute atomic E-state index is 0.0590. The highest BCUT2D eigenvalue weighted by molar-refractivity contribution is 9.10. The SMILES string of the molecule is Cc1ccc(C(=O)c2cc(F)c(F)cc2Cl)cc1Br. The Labute approximate surface area is 122 Å². The van der Waals surface area contributed by atoms with Crippen molar-refractivity contribution >= 4 is 33.3 Å². The summed E-state index contributed by atoms with van der Waals surface area (Å²) in [6.07, 6.45) is 0. The van der Waals surface area contributed by atoms with Crippen LogP contribution in [0.4, 0.5) is 8.78 Å². The molecule has 0 unspecified atom stereocenters. The highest BCUT2D eigenvalue weighted by Crippen LogP contribution is 2.25. The van der Waals surface area contributed by atoms with Crippen LogP contribution in [0, 0.1) is 18.6 Å². The Hall–Kier alpha value is -1.26. The molecule has 0 aliphatic heterocycles. The molecule has 0 aliphatic carbocycles. The van der Waals surface area contributed by atoms with Crippen LogP contribution in [0.15, 0.2) is 34.8 Å². The van der Waals surface area contributed by atoms with Crippen LogP contribution in [0.25, 0.3) is 0 Å². The monoisotopic (exact) mass is 344 g/mol. The predicted octanol–water partition coefficient (Wildman–Crippen LogP) is 4.92. The van der Waals surface area contributed by atoms with Crippen molar-refractivity contribution in [3.63, 3.8) is 0 Å². The Morgan fingerprint density at radius 2 is 1.79 bits per heavy atom. The number of hydrogen-bond donors (Lipinski definition) is 0. The van der Waals surface area contributed by atoms with Crippen molar-refractivity contribution in [1.82, 2.24) is 0 Å². The van der Waals surface area contributed by atoms with Gasteiger partial charge in [0.25, 0.3) is 0 Å². The van der Waals surface area contributed by atoms with Crippen LogP contribution in [0.2, 0.25) is 5.02 Å². The smallest absolute Gasteiger partial charge is 0.194 e. The van der Waals surface area contributed by atoms with Gasteiger partial charge in [0, 0.05) is 15.6 Å². The van der Waals surface area contributed by atoms with E-state index in [0.717, 1.165) is 22.2 Å². The van der Waals surface area contributed by atoms with Gasteiger partial charge in [0.05, 0.1) is 5.02 Å². The fourth-order valence-electron chi connectivity index (χ4n) is 1.59. The third kappa shape index (κ3) is 2.85. The molecule has 5 heteroatoms. The summed E-state index contributed by atoms with van der Waals surface area (Å²) in [5.41, 5.74) is 1.26. The molecule has 0 aromatic heterocycles. The maximum absolute atomic E-state index is 13.2. The topological polar surface area (TPSA) is 17.1 Å². The number of carbonyl (C=O) groups is 1. The van der Waals surface area contributed by atoms with Gasteiger partial charge in [-0.05, 0) is 30.7 Å². The van der Waals surface area contributed by atoms with Gasteiger partial charge in [-0.3, -0.25) is 4.79 Å². The minimum atomic E-state index is -1.10. The lowest BCUT2D eigenvalue weighted by Gasteiger charge is -2.06. The minimum Gasteiger partial charge on any atom is -0.289 e. The van der Waals surface area contributed by atoms with Gasteiger partial charge in [-0.15, -0.1) is 0 Å². The summed E-state index contributed by atoms with van der Waals surface area (Å²) in [6, 6.07) is 6.60. The van der Waals surface area contributed by atoms with Crippen LogP contribution in [-0.4, -0.2) is 5.78 Å². The molecular formula is C14H8BrClF2O. The summed E-state index contributed by atoms with van der Waals surface area (Å²) < 4.78 is 26.9. The van der Waals surface area contributed by atoms with Crippen molar-refractivity contribution in [2.24, 2.45) is 0 Å². The molecule has 2 aromatic rings. The second-order valence-corrected chi connectivity index (χ2v) is 5.30. The Balaban J connectivity index is 2.49. The van der Waals surface area contributed by atoms with E-state index in [1.165, 1.54) is 0 Å². The molecule has 0 spiro atoms.